The van der Waals surface area contributed by atoms with E-state index < -0.39 is 5.43 Å². The second kappa shape index (κ2) is 8.79. The van der Waals surface area contributed by atoms with Crippen LogP contribution >= 0.6 is 11.3 Å². The molecule has 0 aliphatic carbocycles. The van der Waals surface area contributed by atoms with Crippen molar-refractivity contribution in [2.75, 3.05) is 7.11 Å². The lowest BCUT2D eigenvalue weighted by Gasteiger charge is -2.16. The molecule has 5 nitrogen and oxygen atoms in total. The maximum absolute atomic E-state index is 13.3. The number of ether oxygens (including phenoxy) is 1. The number of hydrogen-bond donors (Lipinski definition) is 2. The van der Waals surface area contributed by atoms with Gasteiger partial charge in [-0.2, -0.15) is 11.3 Å². The van der Waals surface area contributed by atoms with E-state index in [9.17, 15) is 15.0 Å². The Morgan fingerprint density at radius 2 is 1.70 bits per heavy atom. The molecule has 0 atom stereocenters. The molecule has 158 valence electrons. The van der Waals surface area contributed by atoms with Gasteiger partial charge in [0.1, 0.15) is 22.5 Å². The first-order valence-electron chi connectivity index (χ1n) is 9.66. The van der Waals surface area contributed by atoms with Crippen molar-refractivity contribution < 1.29 is 19.4 Å². The molecule has 0 aliphatic heterocycles. The van der Waals surface area contributed by atoms with Crippen molar-refractivity contribution in [3.63, 3.8) is 0 Å². The van der Waals surface area contributed by atoms with Gasteiger partial charge < -0.3 is 19.4 Å². The number of allylic oxidation sites excluding steroid dienone is 4. The van der Waals surface area contributed by atoms with Crippen LogP contribution in [0.4, 0.5) is 0 Å². The minimum atomic E-state index is -0.464. The molecule has 3 aromatic rings. The molecule has 0 aliphatic rings. The Morgan fingerprint density at radius 1 is 1.07 bits per heavy atom. The van der Waals surface area contributed by atoms with Crippen LogP contribution in [-0.2, 0) is 12.8 Å². The van der Waals surface area contributed by atoms with Crippen molar-refractivity contribution >= 4 is 22.3 Å². The van der Waals surface area contributed by atoms with E-state index in [4.69, 9.17) is 9.15 Å². The minimum Gasteiger partial charge on any atom is -0.507 e. The lowest BCUT2D eigenvalue weighted by atomic mass is 9.96. The van der Waals surface area contributed by atoms with Gasteiger partial charge in [-0.1, -0.05) is 23.3 Å². The zero-order chi connectivity index (χ0) is 22.0. The molecule has 30 heavy (non-hydrogen) atoms. The smallest absolute Gasteiger partial charge is 0.239 e. The predicted molar refractivity (Wildman–Crippen MR) is 122 cm³/mol. The maximum Gasteiger partial charge on any atom is 0.239 e. The SMILES string of the molecule is COc1c(-c2ccsc2)oc2c(CC=C(C)C)c(O)c(CC=C(C)C)c(O)c2c1=O. The number of rotatable bonds is 6. The van der Waals surface area contributed by atoms with Crippen LogP contribution in [0.3, 0.4) is 0 Å². The third-order valence-corrected chi connectivity index (χ3v) is 5.54. The third kappa shape index (κ3) is 4.00. The molecule has 0 spiro atoms. The lowest BCUT2D eigenvalue weighted by Crippen LogP contribution is -2.10. The molecule has 0 unspecified atom stereocenters. The molecular formula is C24H26O5S. The molecule has 0 fully saturated rings. The van der Waals surface area contributed by atoms with E-state index >= 15 is 0 Å². The summed E-state index contributed by atoms with van der Waals surface area (Å²) in [6.45, 7) is 7.78. The van der Waals surface area contributed by atoms with Crippen molar-refractivity contribution in [3.05, 3.63) is 61.5 Å². The van der Waals surface area contributed by atoms with E-state index in [0.29, 0.717) is 29.5 Å². The first-order chi connectivity index (χ1) is 14.3. The number of aromatic hydroxyl groups is 2. The quantitative estimate of drug-likeness (QED) is 0.476. The van der Waals surface area contributed by atoms with Crippen LogP contribution in [0.2, 0.25) is 0 Å². The fourth-order valence-corrected chi connectivity index (χ4v) is 3.90. The Hall–Kier alpha value is -2.99. The normalized spacial score (nSPS) is 10.8. The van der Waals surface area contributed by atoms with Crippen LogP contribution in [0, 0.1) is 0 Å². The second-order valence-electron chi connectivity index (χ2n) is 7.64. The fourth-order valence-electron chi connectivity index (χ4n) is 3.26. The second-order valence-corrected chi connectivity index (χ2v) is 8.42. The highest BCUT2D eigenvalue weighted by atomic mass is 32.1. The van der Waals surface area contributed by atoms with Gasteiger partial charge in [0.05, 0.1) is 7.11 Å². The standard InChI is InChI=1S/C24H26O5S/c1-13(2)6-8-16-19(25)17(9-7-14(3)4)23-18(20(16)26)21(27)24(28-5)22(29-23)15-10-11-30-12-15/h6-7,10-12,25-26H,8-9H2,1-5H3. The summed E-state index contributed by atoms with van der Waals surface area (Å²) in [5.41, 5.74) is 3.30. The molecule has 3 rings (SSSR count). The van der Waals surface area contributed by atoms with Crippen molar-refractivity contribution in [3.8, 4) is 28.6 Å². The number of methoxy groups -OCH3 is 1. The van der Waals surface area contributed by atoms with Crippen LogP contribution in [-0.4, -0.2) is 17.3 Å². The molecule has 2 aromatic heterocycles. The maximum atomic E-state index is 13.3. The van der Waals surface area contributed by atoms with Gasteiger partial charge in [-0.3, -0.25) is 4.79 Å². The number of hydrogen-bond acceptors (Lipinski definition) is 6. The van der Waals surface area contributed by atoms with Gasteiger partial charge in [-0.15, -0.1) is 0 Å². The zero-order valence-corrected chi connectivity index (χ0v) is 18.6. The Balaban J connectivity index is 2.45. The van der Waals surface area contributed by atoms with Gasteiger partial charge in [0, 0.05) is 22.1 Å². The average Bonchev–Trinajstić information content (AvgIpc) is 3.21. The van der Waals surface area contributed by atoms with Crippen molar-refractivity contribution in [2.24, 2.45) is 0 Å². The summed E-state index contributed by atoms with van der Waals surface area (Å²) < 4.78 is 11.5. The van der Waals surface area contributed by atoms with Crippen LogP contribution in [0.5, 0.6) is 17.2 Å². The first kappa shape index (κ1) is 21.7. The number of benzene rings is 1. The average molecular weight is 427 g/mol. The van der Waals surface area contributed by atoms with Crippen molar-refractivity contribution in [1.29, 1.82) is 0 Å². The summed E-state index contributed by atoms with van der Waals surface area (Å²) in [7, 11) is 1.40. The Bertz CT molecular complexity index is 1190. The van der Waals surface area contributed by atoms with Gasteiger partial charge in [0.25, 0.3) is 0 Å². The number of thiophene rings is 1. The molecule has 1 aromatic carbocycles. The van der Waals surface area contributed by atoms with Crippen LogP contribution in [0.15, 0.2) is 49.3 Å². The summed E-state index contributed by atoms with van der Waals surface area (Å²) in [5, 5.41) is 25.7. The van der Waals surface area contributed by atoms with E-state index in [1.54, 1.807) is 0 Å². The number of phenolic OH excluding ortho intramolecular Hbond substituents is 2. The monoisotopic (exact) mass is 426 g/mol. The molecular weight excluding hydrogens is 400 g/mol. The largest absolute Gasteiger partial charge is 0.507 e. The topological polar surface area (TPSA) is 79.9 Å². The van der Waals surface area contributed by atoms with Crippen LogP contribution in [0.25, 0.3) is 22.3 Å². The van der Waals surface area contributed by atoms with Gasteiger partial charge in [-0.05, 0) is 52.0 Å². The van der Waals surface area contributed by atoms with Gasteiger partial charge in [0.2, 0.25) is 11.2 Å². The zero-order valence-electron chi connectivity index (χ0n) is 17.8. The molecule has 0 radical (unpaired) electrons. The number of phenols is 2. The van der Waals surface area contributed by atoms with Gasteiger partial charge in [0.15, 0.2) is 5.76 Å². The van der Waals surface area contributed by atoms with Gasteiger partial charge >= 0.3 is 0 Å². The van der Waals surface area contributed by atoms with E-state index in [1.165, 1.54) is 18.4 Å². The highest BCUT2D eigenvalue weighted by Crippen LogP contribution is 2.43. The van der Waals surface area contributed by atoms with Gasteiger partial charge in [-0.25, -0.2) is 0 Å². The van der Waals surface area contributed by atoms with Crippen LogP contribution < -0.4 is 10.2 Å². The fraction of sp³-hybridized carbons (Fsp3) is 0.292. The summed E-state index contributed by atoms with van der Waals surface area (Å²) in [6, 6.07) is 1.83. The van der Waals surface area contributed by atoms with E-state index in [1.807, 2.05) is 56.7 Å². The highest BCUT2D eigenvalue weighted by Gasteiger charge is 2.26. The Labute approximate surface area is 179 Å². The molecule has 0 saturated heterocycles. The first-order valence-corrected chi connectivity index (χ1v) is 10.6. The Kier molecular flexibility index (Phi) is 6.37. The lowest BCUT2D eigenvalue weighted by molar-refractivity contribution is 0.396. The summed E-state index contributed by atoms with van der Waals surface area (Å²) in [4.78, 5) is 13.3. The van der Waals surface area contributed by atoms with E-state index in [2.05, 4.69) is 0 Å². The van der Waals surface area contributed by atoms with Crippen molar-refractivity contribution in [2.45, 2.75) is 40.5 Å². The number of fused-ring (bicyclic) bond motifs is 1. The summed E-state index contributed by atoms with van der Waals surface area (Å²) in [6.07, 6.45) is 4.51. The highest BCUT2D eigenvalue weighted by molar-refractivity contribution is 7.08. The molecule has 2 heterocycles. The van der Waals surface area contributed by atoms with Crippen molar-refractivity contribution in [1.82, 2.24) is 0 Å². The predicted octanol–water partition coefficient (Wildman–Crippen LogP) is 5.96. The van der Waals surface area contributed by atoms with Crippen LogP contribution in [0.1, 0.15) is 38.8 Å². The molecule has 0 amide bonds. The minimum absolute atomic E-state index is 0.0259. The molecule has 2 N–H and O–H groups in total. The molecule has 6 heteroatoms. The molecule has 0 saturated carbocycles. The molecule has 0 bridgehead atoms. The summed E-state index contributed by atoms with van der Waals surface area (Å²) >= 11 is 1.47. The summed E-state index contributed by atoms with van der Waals surface area (Å²) in [5.74, 6) is -0.0155. The third-order valence-electron chi connectivity index (χ3n) is 4.86. The Morgan fingerprint density at radius 3 is 2.23 bits per heavy atom. The van der Waals surface area contributed by atoms with E-state index in [0.717, 1.165) is 11.1 Å². The van der Waals surface area contributed by atoms with E-state index in [-0.39, 0.29) is 34.0 Å².